The SMILES string of the molecule is COc1ccc(CCC(N)c2ccc3c(c2)OCCO3)cc1. The van der Waals surface area contributed by atoms with Crippen molar-refractivity contribution in [2.24, 2.45) is 5.73 Å². The van der Waals surface area contributed by atoms with E-state index in [4.69, 9.17) is 19.9 Å². The lowest BCUT2D eigenvalue weighted by Gasteiger charge is -2.20. The second-order valence-electron chi connectivity index (χ2n) is 5.40. The minimum absolute atomic E-state index is 0.0158. The Kier molecular flexibility index (Phi) is 4.49. The average molecular weight is 299 g/mol. The Hall–Kier alpha value is -2.20. The normalized spacial score (nSPS) is 14.5. The molecule has 0 saturated heterocycles. The molecule has 3 rings (SSSR count). The van der Waals surface area contributed by atoms with Gasteiger partial charge in [0.25, 0.3) is 0 Å². The van der Waals surface area contributed by atoms with E-state index in [9.17, 15) is 0 Å². The van der Waals surface area contributed by atoms with Gasteiger partial charge < -0.3 is 19.9 Å². The van der Waals surface area contributed by atoms with Crippen molar-refractivity contribution in [3.05, 3.63) is 53.6 Å². The Morgan fingerprint density at radius 1 is 1.05 bits per heavy atom. The van der Waals surface area contributed by atoms with Gasteiger partial charge in [0.15, 0.2) is 11.5 Å². The number of benzene rings is 2. The van der Waals surface area contributed by atoms with Gasteiger partial charge >= 0.3 is 0 Å². The Labute approximate surface area is 130 Å². The van der Waals surface area contributed by atoms with Crippen molar-refractivity contribution in [3.63, 3.8) is 0 Å². The van der Waals surface area contributed by atoms with Gasteiger partial charge in [0.2, 0.25) is 0 Å². The highest BCUT2D eigenvalue weighted by atomic mass is 16.6. The molecule has 0 aromatic heterocycles. The molecule has 1 aliphatic heterocycles. The molecule has 22 heavy (non-hydrogen) atoms. The number of aryl methyl sites for hydroxylation is 1. The van der Waals surface area contributed by atoms with E-state index < -0.39 is 0 Å². The maximum atomic E-state index is 6.31. The Morgan fingerprint density at radius 2 is 1.77 bits per heavy atom. The van der Waals surface area contributed by atoms with Gasteiger partial charge in [0.05, 0.1) is 7.11 Å². The molecule has 1 aliphatic rings. The third-order valence-corrected chi connectivity index (χ3v) is 3.90. The zero-order chi connectivity index (χ0) is 15.4. The lowest BCUT2D eigenvalue weighted by atomic mass is 9.99. The van der Waals surface area contributed by atoms with Gasteiger partial charge in [-0.2, -0.15) is 0 Å². The molecule has 0 radical (unpaired) electrons. The van der Waals surface area contributed by atoms with Crippen molar-refractivity contribution < 1.29 is 14.2 Å². The molecular weight excluding hydrogens is 278 g/mol. The molecule has 1 unspecified atom stereocenters. The van der Waals surface area contributed by atoms with Crippen LogP contribution >= 0.6 is 0 Å². The van der Waals surface area contributed by atoms with Gasteiger partial charge in [0, 0.05) is 6.04 Å². The van der Waals surface area contributed by atoms with Gasteiger partial charge in [0.1, 0.15) is 19.0 Å². The van der Waals surface area contributed by atoms with Gasteiger partial charge in [-0.1, -0.05) is 18.2 Å². The molecule has 1 atom stereocenters. The standard InChI is InChI=1S/C18H21NO3/c1-20-15-6-2-13(3-7-15)4-8-16(19)14-5-9-17-18(12-14)22-11-10-21-17/h2-3,5-7,9,12,16H,4,8,10-11,19H2,1H3. The molecule has 4 nitrogen and oxygen atoms in total. The zero-order valence-corrected chi connectivity index (χ0v) is 12.7. The van der Waals surface area contributed by atoms with Crippen molar-refractivity contribution in [1.29, 1.82) is 0 Å². The molecule has 2 N–H and O–H groups in total. The van der Waals surface area contributed by atoms with Crippen LogP contribution in [0.1, 0.15) is 23.6 Å². The quantitative estimate of drug-likeness (QED) is 0.921. The van der Waals surface area contributed by atoms with E-state index in [1.807, 2.05) is 30.3 Å². The van der Waals surface area contributed by atoms with Crippen molar-refractivity contribution in [2.45, 2.75) is 18.9 Å². The smallest absolute Gasteiger partial charge is 0.161 e. The third-order valence-electron chi connectivity index (χ3n) is 3.90. The van der Waals surface area contributed by atoms with Crippen LogP contribution in [0, 0.1) is 0 Å². The van der Waals surface area contributed by atoms with E-state index >= 15 is 0 Å². The maximum Gasteiger partial charge on any atom is 0.161 e. The number of nitrogens with two attached hydrogens (primary N) is 1. The summed E-state index contributed by atoms with van der Waals surface area (Å²) in [6, 6.07) is 14.1. The lowest BCUT2D eigenvalue weighted by molar-refractivity contribution is 0.171. The minimum atomic E-state index is -0.0158. The summed E-state index contributed by atoms with van der Waals surface area (Å²) in [5.74, 6) is 2.47. The monoisotopic (exact) mass is 299 g/mol. The van der Waals surface area contributed by atoms with Crippen molar-refractivity contribution in [2.75, 3.05) is 20.3 Å². The molecule has 2 aromatic rings. The van der Waals surface area contributed by atoms with Gasteiger partial charge in [-0.15, -0.1) is 0 Å². The fourth-order valence-electron chi connectivity index (χ4n) is 2.57. The van der Waals surface area contributed by atoms with Gasteiger partial charge in [-0.05, 0) is 48.2 Å². The van der Waals surface area contributed by atoms with E-state index in [2.05, 4.69) is 12.1 Å². The fourth-order valence-corrected chi connectivity index (χ4v) is 2.57. The Bertz CT molecular complexity index is 625. The largest absolute Gasteiger partial charge is 0.497 e. The Morgan fingerprint density at radius 3 is 2.50 bits per heavy atom. The second-order valence-corrected chi connectivity index (χ2v) is 5.40. The number of rotatable bonds is 5. The van der Waals surface area contributed by atoms with Crippen LogP contribution in [-0.2, 0) is 6.42 Å². The summed E-state index contributed by atoms with van der Waals surface area (Å²) in [4.78, 5) is 0. The predicted molar refractivity (Wildman–Crippen MR) is 85.7 cm³/mol. The zero-order valence-electron chi connectivity index (χ0n) is 12.7. The molecule has 0 bridgehead atoms. The molecule has 0 fully saturated rings. The van der Waals surface area contributed by atoms with Crippen molar-refractivity contribution >= 4 is 0 Å². The molecule has 0 aliphatic carbocycles. The number of fused-ring (bicyclic) bond motifs is 1. The van der Waals surface area contributed by atoms with Crippen LogP contribution in [-0.4, -0.2) is 20.3 Å². The summed E-state index contributed by atoms with van der Waals surface area (Å²) in [6.07, 6.45) is 1.81. The van der Waals surface area contributed by atoms with Crippen LogP contribution in [0.25, 0.3) is 0 Å². The molecule has 116 valence electrons. The predicted octanol–water partition coefficient (Wildman–Crippen LogP) is 3.10. The van der Waals surface area contributed by atoms with Gasteiger partial charge in [-0.25, -0.2) is 0 Å². The van der Waals surface area contributed by atoms with Crippen LogP contribution < -0.4 is 19.9 Å². The van der Waals surface area contributed by atoms with Crippen LogP contribution in [0.5, 0.6) is 17.2 Å². The van der Waals surface area contributed by atoms with Crippen LogP contribution in [0.3, 0.4) is 0 Å². The van der Waals surface area contributed by atoms with Crippen LogP contribution in [0.2, 0.25) is 0 Å². The highest BCUT2D eigenvalue weighted by molar-refractivity contribution is 5.44. The summed E-state index contributed by atoms with van der Waals surface area (Å²) in [5, 5.41) is 0. The van der Waals surface area contributed by atoms with E-state index in [1.165, 1.54) is 5.56 Å². The number of ether oxygens (including phenoxy) is 3. The van der Waals surface area contributed by atoms with E-state index in [-0.39, 0.29) is 6.04 Å². The summed E-state index contributed by atoms with van der Waals surface area (Å²) in [6.45, 7) is 1.20. The van der Waals surface area contributed by atoms with Crippen molar-refractivity contribution in [1.82, 2.24) is 0 Å². The van der Waals surface area contributed by atoms with Crippen molar-refractivity contribution in [3.8, 4) is 17.2 Å². The number of hydrogen-bond acceptors (Lipinski definition) is 4. The first kappa shape index (κ1) is 14.7. The number of methoxy groups -OCH3 is 1. The van der Waals surface area contributed by atoms with E-state index in [0.717, 1.165) is 35.7 Å². The molecule has 4 heteroatoms. The summed E-state index contributed by atoms with van der Waals surface area (Å²) in [7, 11) is 1.67. The highest BCUT2D eigenvalue weighted by Crippen LogP contribution is 2.33. The van der Waals surface area contributed by atoms with Crippen LogP contribution in [0.4, 0.5) is 0 Å². The second kappa shape index (κ2) is 6.71. The third kappa shape index (κ3) is 3.34. The first-order chi connectivity index (χ1) is 10.8. The molecule has 1 heterocycles. The van der Waals surface area contributed by atoms with Crippen LogP contribution in [0.15, 0.2) is 42.5 Å². The average Bonchev–Trinajstić information content (AvgIpc) is 2.59. The summed E-state index contributed by atoms with van der Waals surface area (Å²) >= 11 is 0. The highest BCUT2D eigenvalue weighted by Gasteiger charge is 2.14. The molecular formula is C18H21NO3. The Balaban J connectivity index is 1.62. The summed E-state index contributed by atoms with van der Waals surface area (Å²) < 4.78 is 16.3. The summed E-state index contributed by atoms with van der Waals surface area (Å²) in [5.41, 5.74) is 8.65. The first-order valence-corrected chi connectivity index (χ1v) is 7.54. The number of hydrogen-bond donors (Lipinski definition) is 1. The molecule has 0 amide bonds. The maximum absolute atomic E-state index is 6.31. The minimum Gasteiger partial charge on any atom is -0.497 e. The van der Waals surface area contributed by atoms with Gasteiger partial charge in [-0.3, -0.25) is 0 Å². The first-order valence-electron chi connectivity index (χ1n) is 7.54. The van der Waals surface area contributed by atoms with E-state index in [1.54, 1.807) is 7.11 Å². The molecule has 2 aromatic carbocycles. The topological polar surface area (TPSA) is 53.7 Å². The molecule has 0 saturated carbocycles. The van der Waals surface area contributed by atoms with E-state index in [0.29, 0.717) is 13.2 Å². The lowest BCUT2D eigenvalue weighted by Crippen LogP contribution is -2.17. The fraction of sp³-hybridized carbons (Fsp3) is 0.333. The molecule has 0 spiro atoms.